The van der Waals surface area contributed by atoms with E-state index < -0.39 is 12.0 Å². The van der Waals surface area contributed by atoms with Crippen LogP contribution in [0.5, 0.6) is 5.75 Å². The fourth-order valence-electron chi connectivity index (χ4n) is 2.64. The number of carbonyl (C=O) groups excluding carboxylic acids is 3. The van der Waals surface area contributed by atoms with Crippen molar-refractivity contribution in [3.63, 3.8) is 0 Å². The van der Waals surface area contributed by atoms with Gasteiger partial charge >= 0.3 is 5.97 Å². The van der Waals surface area contributed by atoms with Crippen molar-refractivity contribution >= 4 is 17.8 Å². The number of rotatable bonds is 7. The number of piperazine rings is 1. The second kappa shape index (κ2) is 9.05. The third kappa shape index (κ3) is 4.95. The third-order valence-corrected chi connectivity index (χ3v) is 3.81. The molecule has 25 heavy (non-hydrogen) atoms. The number of amides is 2. The first kappa shape index (κ1) is 18.8. The first-order valence-electron chi connectivity index (χ1n) is 8.54. The maximum atomic E-state index is 12.9. The van der Waals surface area contributed by atoms with Gasteiger partial charge in [-0.1, -0.05) is 13.0 Å². The van der Waals surface area contributed by atoms with E-state index in [4.69, 9.17) is 9.47 Å². The minimum absolute atomic E-state index is 0.155. The van der Waals surface area contributed by atoms with E-state index in [2.05, 4.69) is 5.32 Å². The number of nitrogens with one attached hydrogen (secondary N) is 1. The molecule has 1 aromatic rings. The molecule has 0 aromatic heterocycles. The highest BCUT2D eigenvalue weighted by molar-refractivity contribution is 5.99. The van der Waals surface area contributed by atoms with Crippen LogP contribution in [0.2, 0.25) is 0 Å². The standard InChI is InChI=1S/C18H24N2O5/c1-3-10-25-14-7-5-6-13(11-14)18(23)20-9-8-19-17(22)15(20)12-16(21)24-4-2/h5-7,11,15H,3-4,8-10,12H2,1-2H3,(H,19,22). The highest BCUT2D eigenvalue weighted by atomic mass is 16.5. The van der Waals surface area contributed by atoms with E-state index in [0.717, 1.165) is 6.42 Å². The van der Waals surface area contributed by atoms with Crippen molar-refractivity contribution in [3.05, 3.63) is 29.8 Å². The van der Waals surface area contributed by atoms with Gasteiger partial charge < -0.3 is 19.7 Å². The Labute approximate surface area is 147 Å². The van der Waals surface area contributed by atoms with Gasteiger partial charge in [-0.15, -0.1) is 0 Å². The number of hydrogen-bond donors (Lipinski definition) is 1. The Balaban J connectivity index is 2.16. The van der Waals surface area contributed by atoms with E-state index in [1.165, 1.54) is 4.90 Å². The number of hydrogen-bond acceptors (Lipinski definition) is 5. The SMILES string of the molecule is CCCOc1cccc(C(=O)N2CCNC(=O)C2CC(=O)OCC)c1. The van der Waals surface area contributed by atoms with Crippen molar-refractivity contribution in [2.24, 2.45) is 0 Å². The minimum Gasteiger partial charge on any atom is -0.494 e. The van der Waals surface area contributed by atoms with Crippen LogP contribution in [0.3, 0.4) is 0 Å². The van der Waals surface area contributed by atoms with E-state index in [-0.39, 0.29) is 24.8 Å². The molecule has 0 saturated carbocycles. The average molecular weight is 348 g/mol. The monoisotopic (exact) mass is 348 g/mol. The van der Waals surface area contributed by atoms with Crippen molar-refractivity contribution in [1.82, 2.24) is 10.2 Å². The summed E-state index contributed by atoms with van der Waals surface area (Å²) in [7, 11) is 0. The van der Waals surface area contributed by atoms with Gasteiger partial charge in [0.05, 0.1) is 19.6 Å². The van der Waals surface area contributed by atoms with Gasteiger partial charge in [0.2, 0.25) is 5.91 Å². The Hall–Kier alpha value is -2.57. The van der Waals surface area contributed by atoms with Crippen LogP contribution in [-0.2, 0) is 14.3 Å². The van der Waals surface area contributed by atoms with Crippen molar-refractivity contribution < 1.29 is 23.9 Å². The molecular weight excluding hydrogens is 324 g/mol. The average Bonchev–Trinajstić information content (AvgIpc) is 2.61. The van der Waals surface area contributed by atoms with Crippen LogP contribution in [-0.4, -0.2) is 55.0 Å². The normalized spacial score (nSPS) is 17.0. The fourth-order valence-corrected chi connectivity index (χ4v) is 2.64. The van der Waals surface area contributed by atoms with Gasteiger partial charge in [-0.3, -0.25) is 14.4 Å². The number of ether oxygens (including phenoxy) is 2. The molecule has 1 fully saturated rings. The van der Waals surface area contributed by atoms with Crippen molar-refractivity contribution in [1.29, 1.82) is 0 Å². The molecule has 0 bridgehead atoms. The topological polar surface area (TPSA) is 84.9 Å². The molecule has 0 spiro atoms. The highest BCUT2D eigenvalue weighted by Crippen LogP contribution is 2.19. The Morgan fingerprint density at radius 1 is 1.32 bits per heavy atom. The van der Waals surface area contributed by atoms with Crippen LogP contribution >= 0.6 is 0 Å². The second-order valence-electron chi connectivity index (χ2n) is 5.69. The van der Waals surface area contributed by atoms with E-state index in [0.29, 0.717) is 31.0 Å². The van der Waals surface area contributed by atoms with Gasteiger partial charge in [0.1, 0.15) is 11.8 Å². The van der Waals surface area contributed by atoms with Gasteiger partial charge in [-0.05, 0) is 31.5 Å². The summed E-state index contributed by atoms with van der Waals surface area (Å²) in [6.07, 6.45) is 0.712. The molecule has 1 aromatic carbocycles. The molecule has 2 amide bonds. The van der Waals surface area contributed by atoms with Gasteiger partial charge in [0.15, 0.2) is 0 Å². The molecule has 7 nitrogen and oxygen atoms in total. The predicted molar refractivity (Wildman–Crippen MR) is 91.3 cm³/mol. The summed E-state index contributed by atoms with van der Waals surface area (Å²) >= 11 is 0. The third-order valence-electron chi connectivity index (χ3n) is 3.81. The molecule has 1 unspecified atom stereocenters. The largest absolute Gasteiger partial charge is 0.494 e. The minimum atomic E-state index is -0.861. The van der Waals surface area contributed by atoms with E-state index in [9.17, 15) is 14.4 Å². The summed E-state index contributed by atoms with van der Waals surface area (Å²) in [6, 6.07) is 6.00. The van der Waals surface area contributed by atoms with Crippen LogP contribution in [0.25, 0.3) is 0 Å². The first-order chi connectivity index (χ1) is 12.1. The van der Waals surface area contributed by atoms with Gasteiger partial charge in [-0.25, -0.2) is 0 Å². The maximum Gasteiger partial charge on any atom is 0.308 e. The number of nitrogens with zero attached hydrogens (tertiary/aromatic N) is 1. The van der Waals surface area contributed by atoms with Gasteiger partial charge in [0, 0.05) is 18.7 Å². The Morgan fingerprint density at radius 2 is 2.12 bits per heavy atom. The van der Waals surface area contributed by atoms with E-state index in [1.54, 1.807) is 31.2 Å². The summed E-state index contributed by atoms with van der Waals surface area (Å²) in [5.74, 6) is -0.532. The summed E-state index contributed by atoms with van der Waals surface area (Å²) < 4.78 is 10.5. The molecule has 1 atom stereocenters. The molecule has 1 saturated heterocycles. The van der Waals surface area contributed by atoms with Crippen LogP contribution in [0, 0.1) is 0 Å². The lowest BCUT2D eigenvalue weighted by atomic mass is 10.1. The lowest BCUT2D eigenvalue weighted by molar-refractivity contribution is -0.147. The van der Waals surface area contributed by atoms with Crippen molar-refractivity contribution in [2.75, 3.05) is 26.3 Å². The van der Waals surface area contributed by atoms with Gasteiger partial charge in [-0.2, -0.15) is 0 Å². The molecule has 136 valence electrons. The molecule has 1 N–H and O–H groups in total. The smallest absolute Gasteiger partial charge is 0.308 e. The van der Waals surface area contributed by atoms with Crippen LogP contribution in [0.1, 0.15) is 37.0 Å². The molecule has 2 rings (SSSR count). The highest BCUT2D eigenvalue weighted by Gasteiger charge is 2.35. The lowest BCUT2D eigenvalue weighted by Gasteiger charge is -2.34. The predicted octanol–water partition coefficient (Wildman–Crippen LogP) is 1.37. The molecule has 0 aliphatic carbocycles. The summed E-state index contributed by atoms with van der Waals surface area (Å²) in [5, 5.41) is 2.69. The quantitative estimate of drug-likeness (QED) is 0.752. The Morgan fingerprint density at radius 3 is 2.84 bits per heavy atom. The molecule has 1 heterocycles. The van der Waals surface area contributed by atoms with Crippen LogP contribution in [0.4, 0.5) is 0 Å². The first-order valence-corrected chi connectivity index (χ1v) is 8.54. The summed E-state index contributed by atoms with van der Waals surface area (Å²) in [6.45, 7) is 5.20. The van der Waals surface area contributed by atoms with E-state index >= 15 is 0 Å². The number of benzene rings is 1. The lowest BCUT2D eigenvalue weighted by Crippen LogP contribution is -2.57. The zero-order valence-electron chi connectivity index (χ0n) is 14.6. The van der Waals surface area contributed by atoms with Crippen molar-refractivity contribution in [3.8, 4) is 5.75 Å². The molecule has 1 aliphatic rings. The molecule has 1 aliphatic heterocycles. The fraction of sp³-hybridized carbons (Fsp3) is 0.500. The van der Waals surface area contributed by atoms with Crippen LogP contribution in [0.15, 0.2) is 24.3 Å². The van der Waals surface area contributed by atoms with Gasteiger partial charge in [0.25, 0.3) is 5.91 Å². The molecule has 0 radical (unpaired) electrons. The van der Waals surface area contributed by atoms with Crippen molar-refractivity contribution in [2.45, 2.75) is 32.7 Å². The van der Waals surface area contributed by atoms with E-state index in [1.807, 2.05) is 6.92 Å². The Kier molecular flexibility index (Phi) is 6.80. The zero-order chi connectivity index (χ0) is 18.2. The Bertz CT molecular complexity index is 632. The van der Waals surface area contributed by atoms with Crippen LogP contribution < -0.4 is 10.1 Å². The molecular formula is C18H24N2O5. The second-order valence-corrected chi connectivity index (χ2v) is 5.69. The maximum absolute atomic E-state index is 12.9. The summed E-state index contributed by atoms with van der Waals surface area (Å²) in [4.78, 5) is 38.2. The number of esters is 1. The zero-order valence-corrected chi connectivity index (χ0v) is 14.6. The number of carbonyl (C=O) groups is 3. The molecule has 7 heteroatoms. The summed E-state index contributed by atoms with van der Waals surface area (Å²) in [5.41, 5.74) is 0.428.